The third kappa shape index (κ3) is 21.6. The van der Waals surface area contributed by atoms with E-state index in [1.54, 1.807) is 87.0 Å². The molecular weight excluding hydrogens is 1870 g/mol. The molecule has 6 atom stereocenters. The van der Waals surface area contributed by atoms with E-state index in [0.29, 0.717) is 160 Å². The first-order valence-electron chi connectivity index (χ1n) is 38.9. The van der Waals surface area contributed by atoms with Crippen molar-refractivity contribution in [1.29, 1.82) is 0 Å². The number of fused-ring (bicyclic) bond motifs is 6. The van der Waals surface area contributed by atoms with Gasteiger partial charge < -0.3 is 101 Å². The van der Waals surface area contributed by atoms with Crippen LogP contribution in [0.25, 0.3) is 77.9 Å². The molecule has 0 spiro atoms. The monoisotopic (exact) mass is 1940 g/mol. The highest BCUT2D eigenvalue weighted by Gasteiger charge is 2.35. The highest BCUT2D eigenvalue weighted by molar-refractivity contribution is 6.42. The second-order valence-corrected chi connectivity index (χ2v) is 33.0. The molecule has 33 heteroatoms. The van der Waals surface area contributed by atoms with Crippen LogP contribution in [0.3, 0.4) is 0 Å². The molecule has 12 N–H and O–H groups in total. The van der Waals surface area contributed by atoms with Gasteiger partial charge in [-0.2, -0.15) is 0 Å². The summed E-state index contributed by atoms with van der Waals surface area (Å²) in [6.07, 6.45) is -2.80. The van der Waals surface area contributed by atoms with Gasteiger partial charge >= 0.3 is 0 Å². The summed E-state index contributed by atoms with van der Waals surface area (Å²) >= 11 is 67.6. The number of rotatable bonds is 15. The molecule has 0 amide bonds. The maximum atomic E-state index is 13.9. The van der Waals surface area contributed by atoms with Crippen molar-refractivity contribution in [3.8, 4) is 158 Å². The standard InChI is InChI=1S/C20H16ClNO2.C16H16ClNO4.C15H12Cl3NO2.C15H13Cl2NO2.C14H10Cl3NO2.C14H10ClF2NO2/c21-14-10-17(20-18(11-14)23-19(12-22)24-20)16-9-5-4-8-15(16)13-6-2-1-3-7-13;1-19-10-3-4-13(20-2)11(7-10)12-5-9(17)6-14-16(12)22-15(8-18)21-14;16-8-4-11(17)14(12(18)5-8)10-2-1-3-13-15(10)21-9(6-19)7-20-13;1-8-4-9(16)2-3-11(8)12-5-10(17)6-13-15(12)20-14(7-18)19-13;15-7-1-2-11(17)9(3-7)10-4-8(16)5-12-14(10)20-13(6-18)19-12;15-7-3-10(9-5-8(16)1-2-11(9)17)14-12(4-7)19-13(6-18)20-14/h1-11,19H,12,22H2;3-7,15H,8,18H2,1-2H3;1-5,9H,6-7,19H2;2-6,14H,7,18H2,1H3;2*1-5,13H,6,18H2/t;;9-;;;/m..0.../s1. The van der Waals surface area contributed by atoms with Crippen molar-refractivity contribution in [3.05, 3.63) is 291 Å². The van der Waals surface area contributed by atoms with Crippen LogP contribution in [0.2, 0.25) is 55.2 Å². The molecule has 127 heavy (non-hydrogen) atoms. The minimum absolute atomic E-state index is 0.0602. The molecule has 6 aliphatic heterocycles. The zero-order chi connectivity index (χ0) is 90.0. The van der Waals surface area contributed by atoms with Crippen molar-refractivity contribution in [2.24, 2.45) is 34.4 Å². The summed E-state index contributed by atoms with van der Waals surface area (Å²) in [6.45, 7) is 3.99. The molecule has 19 rings (SSSR count). The number of halogens is 13. The van der Waals surface area contributed by atoms with Gasteiger partial charge in [0.25, 0.3) is 31.5 Å². The maximum absolute atomic E-state index is 13.9. The van der Waals surface area contributed by atoms with Crippen LogP contribution in [-0.4, -0.2) is 97.6 Å². The van der Waals surface area contributed by atoms with Gasteiger partial charge in [0.1, 0.15) is 35.8 Å². The second kappa shape index (κ2) is 42.0. The van der Waals surface area contributed by atoms with Crippen LogP contribution in [0.15, 0.2) is 218 Å². The van der Waals surface area contributed by atoms with Crippen LogP contribution in [0, 0.1) is 18.6 Å². The lowest BCUT2D eigenvalue weighted by molar-refractivity contribution is 0.0580. The highest BCUT2D eigenvalue weighted by atomic mass is 35.5. The smallest absolute Gasteiger partial charge is 0.253 e. The number of benzene rings is 13. The van der Waals surface area contributed by atoms with Crippen molar-refractivity contribution in [2.45, 2.75) is 44.5 Å². The van der Waals surface area contributed by atoms with Gasteiger partial charge in [-0.3, -0.25) is 0 Å². The summed E-state index contributed by atoms with van der Waals surface area (Å²) < 4.78 is 106. The molecule has 6 heterocycles. The van der Waals surface area contributed by atoms with Crippen LogP contribution in [0.1, 0.15) is 5.56 Å². The van der Waals surface area contributed by atoms with Crippen LogP contribution in [-0.2, 0) is 0 Å². The molecule has 5 unspecified atom stereocenters. The van der Waals surface area contributed by atoms with Crippen molar-refractivity contribution >= 4 is 128 Å². The summed E-state index contributed by atoms with van der Waals surface area (Å²) in [6, 6.07) is 64.2. The Morgan fingerprint density at radius 2 is 0.709 bits per heavy atom. The van der Waals surface area contributed by atoms with Crippen LogP contribution in [0.4, 0.5) is 8.78 Å². The van der Waals surface area contributed by atoms with E-state index < -0.39 is 43.1 Å². The molecule has 0 saturated carbocycles. The van der Waals surface area contributed by atoms with E-state index in [9.17, 15) is 8.78 Å². The summed E-state index contributed by atoms with van der Waals surface area (Å²) in [5.74, 6) is 7.14. The lowest BCUT2D eigenvalue weighted by atomic mass is 9.94. The van der Waals surface area contributed by atoms with Crippen molar-refractivity contribution in [3.63, 3.8) is 0 Å². The lowest BCUT2D eigenvalue weighted by Gasteiger charge is -2.27. The lowest BCUT2D eigenvalue weighted by Crippen LogP contribution is -2.35. The fraction of sp³-hybridized carbons (Fsp3) is 0.170. The van der Waals surface area contributed by atoms with E-state index >= 15 is 0 Å². The largest absolute Gasteiger partial charge is 0.497 e. The predicted octanol–water partition coefficient (Wildman–Crippen LogP) is 24.0. The number of hydrogen-bond donors (Lipinski definition) is 6. The number of para-hydroxylation sites is 1. The molecule has 0 bridgehead atoms. The Balaban J connectivity index is 0.000000124. The molecule has 0 radical (unpaired) electrons. The quantitative estimate of drug-likeness (QED) is 0.0556. The van der Waals surface area contributed by atoms with Gasteiger partial charge in [-0.05, 0) is 150 Å². The van der Waals surface area contributed by atoms with Gasteiger partial charge in [-0.25, -0.2) is 8.78 Å². The van der Waals surface area contributed by atoms with Crippen LogP contribution in [0.5, 0.6) is 80.5 Å². The third-order valence-corrected chi connectivity index (χ3v) is 22.4. The van der Waals surface area contributed by atoms with Gasteiger partial charge in [0.15, 0.2) is 69.0 Å². The van der Waals surface area contributed by atoms with E-state index in [2.05, 4.69) is 24.3 Å². The van der Waals surface area contributed by atoms with Gasteiger partial charge in [0.2, 0.25) is 0 Å². The molecule has 0 saturated heterocycles. The van der Waals surface area contributed by atoms with Gasteiger partial charge in [-0.15, -0.1) is 0 Å². The minimum Gasteiger partial charge on any atom is -0.497 e. The SMILES string of the molecule is COc1ccc(OC)c(-c2cc(Cl)cc3c2OC(CN)O3)c1.Cc1cc(Cl)ccc1-c1cc(Cl)cc2c1OC(CN)O2.NCC1Oc2cc(Cl)cc(-c3cc(Cl)ccc3Cl)c2O1.NCC1Oc2cc(Cl)cc(-c3cc(F)ccc3F)c2O1.NCC1Oc2cc(Cl)cc(-c3ccccc3-c3ccccc3)c2O1.NC[C@H]1COc2cccc(-c3c(Cl)cc(Cl)cc3Cl)c2O1. The molecule has 0 aromatic heterocycles. The average molecular weight is 1940 g/mol. The molecule has 658 valence electrons. The average Bonchev–Trinajstić information content (AvgIpc) is 1.45. The van der Waals surface area contributed by atoms with Gasteiger partial charge in [-0.1, -0.05) is 200 Å². The summed E-state index contributed by atoms with van der Waals surface area (Å²) in [5.41, 5.74) is 45.6. The van der Waals surface area contributed by atoms with Gasteiger partial charge in [0, 0.05) is 138 Å². The molecule has 0 fully saturated rings. The van der Waals surface area contributed by atoms with Crippen LogP contribution >= 0.6 is 128 Å². The van der Waals surface area contributed by atoms with E-state index in [1.807, 2.05) is 104 Å². The topological polar surface area (TPSA) is 285 Å². The highest BCUT2D eigenvalue weighted by Crippen LogP contribution is 2.54. The minimum atomic E-state index is -0.654. The summed E-state index contributed by atoms with van der Waals surface area (Å²) in [4.78, 5) is 0. The Morgan fingerprint density at radius 3 is 1.17 bits per heavy atom. The number of methoxy groups -OCH3 is 2. The summed E-state index contributed by atoms with van der Waals surface area (Å²) in [5, 5.41) is 5.82. The van der Waals surface area contributed by atoms with E-state index in [-0.39, 0.29) is 44.4 Å². The fourth-order valence-corrected chi connectivity index (χ4v) is 16.7. The number of nitrogens with two attached hydrogens (primary N) is 6. The van der Waals surface area contributed by atoms with Crippen molar-refractivity contribution in [2.75, 3.05) is 60.1 Å². The number of hydrogen-bond acceptors (Lipinski definition) is 20. The maximum Gasteiger partial charge on any atom is 0.253 e. The summed E-state index contributed by atoms with van der Waals surface area (Å²) in [7, 11) is 3.22. The first-order valence-corrected chi connectivity index (χ1v) is 43.1. The zero-order valence-corrected chi connectivity index (χ0v) is 75.6. The van der Waals surface area contributed by atoms with E-state index in [4.69, 9.17) is 228 Å². The van der Waals surface area contributed by atoms with Crippen LogP contribution < -0.4 is 101 Å². The van der Waals surface area contributed by atoms with E-state index in [1.165, 1.54) is 6.07 Å². The Kier molecular flexibility index (Phi) is 30.7. The Hall–Kier alpha value is -10.1. The Bertz CT molecular complexity index is 6080. The normalized spacial score (nSPS) is 16.2. The molecule has 20 nitrogen and oxygen atoms in total. The molecular formula is C94H77Cl11F2N6O14. The third-order valence-electron chi connectivity index (χ3n) is 19.7. The molecule has 13 aromatic carbocycles. The number of ether oxygens (including phenoxy) is 14. The molecule has 6 aliphatic rings. The fourth-order valence-electron chi connectivity index (χ4n) is 14.1. The molecule has 0 aliphatic carbocycles. The van der Waals surface area contributed by atoms with Crippen molar-refractivity contribution in [1.82, 2.24) is 0 Å². The Labute approximate surface area is 784 Å². The zero-order valence-electron chi connectivity index (χ0n) is 67.3. The number of aryl methyl sites for hydroxylation is 1. The van der Waals surface area contributed by atoms with Crippen molar-refractivity contribution < 1.29 is 75.1 Å². The predicted molar refractivity (Wildman–Crippen MR) is 499 cm³/mol. The molecule has 13 aromatic rings. The second-order valence-electron chi connectivity index (χ2n) is 28.3. The first-order chi connectivity index (χ1) is 61.2. The first kappa shape index (κ1) is 93.0. The Morgan fingerprint density at radius 1 is 0.299 bits per heavy atom. The van der Waals surface area contributed by atoms with E-state index in [0.717, 1.165) is 85.0 Å². The van der Waals surface area contributed by atoms with Gasteiger partial charge in [0.05, 0.1) is 57.0 Å².